The van der Waals surface area contributed by atoms with Crippen LogP contribution in [0, 0.1) is 0 Å². The zero-order valence-electron chi connectivity index (χ0n) is 14.8. The predicted octanol–water partition coefficient (Wildman–Crippen LogP) is 2.68. The van der Waals surface area contributed by atoms with Gasteiger partial charge in [0.05, 0.1) is 25.4 Å². The molecule has 0 saturated carbocycles. The van der Waals surface area contributed by atoms with Crippen LogP contribution in [0.25, 0.3) is 10.9 Å². The molecule has 27 heavy (non-hydrogen) atoms. The average molecular weight is 368 g/mol. The van der Waals surface area contributed by atoms with Crippen LogP contribution in [0.2, 0.25) is 0 Å². The van der Waals surface area contributed by atoms with Gasteiger partial charge in [0.25, 0.3) is 0 Å². The third kappa shape index (κ3) is 4.27. The fraction of sp³-hybridized carbons (Fsp3) is 0.200. The number of aliphatic hydroxyl groups excluding tert-OH is 1. The van der Waals surface area contributed by atoms with Crippen molar-refractivity contribution in [2.24, 2.45) is 5.16 Å². The fourth-order valence-corrected chi connectivity index (χ4v) is 2.87. The Labute approximate surface area is 156 Å². The minimum absolute atomic E-state index is 0.0908. The molecule has 1 aromatic heterocycles. The molecule has 1 atom stereocenters. The Bertz CT molecular complexity index is 947. The van der Waals surface area contributed by atoms with Crippen molar-refractivity contribution >= 4 is 23.1 Å². The standard InChI is InChI=1S/C20H20N2O5/c1-26-20(24)14-6-8-17(9-7-14)27-13-16(23)12-22-11-15(10-21-25)18-4-2-3-5-19(18)22/h2-11,16,23,25H,12-13H2,1H3/b21-10+. The van der Waals surface area contributed by atoms with Crippen LogP contribution in [0.1, 0.15) is 15.9 Å². The van der Waals surface area contributed by atoms with Gasteiger partial charge in [-0.15, -0.1) is 0 Å². The molecular formula is C20H20N2O5. The predicted molar refractivity (Wildman–Crippen MR) is 101 cm³/mol. The second kappa shape index (κ2) is 8.37. The van der Waals surface area contributed by atoms with Crippen LogP contribution in [-0.4, -0.2) is 46.9 Å². The van der Waals surface area contributed by atoms with E-state index < -0.39 is 12.1 Å². The maximum atomic E-state index is 11.4. The van der Waals surface area contributed by atoms with Gasteiger partial charge in [0, 0.05) is 22.7 Å². The van der Waals surface area contributed by atoms with Gasteiger partial charge >= 0.3 is 5.97 Å². The Morgan fingerprint density at radius 2 is 1.96 bits per heavy atom. The number of para-hydroxylation sites is 1. The number of oxime groups is 1. The molecule has 0 aliphatic heterocycles. The van der Waals surface area contributed by atoms with Crippen LogP contribution in [0.4, 0.5) is 0 Å². The first-order valence-corrected chi connectivity index (χ1v) is 8.37. The van der Waals surface area contributed by atoms with Crippen LogP contribution in [-0.2, 0) is 11.3 Å². The first-order chi connectivity index (χ1) is 13.1. The number of carbonyl (C=O) groups is 1. The maximum absolute atomic E-state index is 11.4. The van der Waals surface area contributed by atoms with Gasteiger partial charge in [0.2, 0.25) is 0 Å². The summed E-state index contributed by atoms with van der Waals surface area (Å²) in [5.41, 5.74) is 2.12. The minimum Gasteiger partial charge on any atom is -0.491 e. The van der Waals surface area contributed by atoms with Gasteiger partial charge in [0.1, 0.15) is 18.5 Å². The highest BCUT2D eigenvalue weighted by molar-refractivity contribution is 5.99. The lowest BCUT2D eigenvalue weighted by molar-refractivity contribution is 0.0600. The number of hydrogen-bond acceptors (Lipinski definition) is 6. The van der Waals surface area contributed by atoms with E-state index in [2.05, 4.69) is 9.89 Å². The number of nitrogens with zero attached hydrogens (tertiary/aromatic N) is 2. The molecule has 3 rings (SSSR count). The van der Waals surface area contributed by atoms with E-state index in [1.165, 1.54) is 13.3 Å². The van der Waals surface area contributed by atoms with Crippen LogP contribution < -0.4 is 4.74 Å². The van der Waals surface area contributed by atoms with E-state index in [9.17, 15) is 9.90 Å². The molecule has 2 aromatic carbocycles. The lowest BCUT2D eigenvalue weighted by atomic mass is 10.2. The number of esters is 1. The number of aliphatic hydroxyl groups is 1. The van der Waals surface area contributed by atoms with E-state index in [0.717, 1.165) is 16.5 Å². The van der Waals surface area contributed by atoms with Gasteiger partial charge in [0.15, 0.2) is 0 Å². The monoisotopic (exact) mass is 368 g/mol. The molecule has 1 heterocycles. The summed E-state index contributed by atoms with van der Waals surface area (Å²) >= 11 is 0. The molecule has 2 N–H and O–H groups in total. The number of fused-ring (bicyclic) bond motifs is 1. The van der Waals surface area contributed by atoms with E-state index in [0.29, 0.717) is 17.9 Å². The Morgan fingerprint density at radius 1 is 1.22 bits per heavy atom. The van der Waals surface area contributed by atoms with Crippen LogP contribution >= 0.6 is 0 Å². The van der Waals surface area contributed by atoms with Crippen LogP contribution in [0.15, 0.2) is 59.9 Å². The first-order valence-electron chi connectivity index (χ1n) is 8.37. The summed E-state index contributed by atoms with van der Waals surface area (Å²) in [7, 11) is 1.33. The second-order valence-corrected chi connectivity index (χ2v) is 5.98. The Kier molecular flexibility index (Phi) is 5.73. The number of benzene rings is 2. The summed E-state index contributed by atoms with van der Waals surface area (Å²) in [5, 5.41) is 23.2. The highest BCUT2D eigenvalue weighted by Gasteiger charge is 2.12. The highest BCUT2D eigenvalue weighted by atomic mass is 16.5. The van der Waals surface area contributed by atoms with E-state index in [1.54, 1.807) is 24.3 Å². The van der Waals surface area contributed by atoms with Crippen molar-refractivity contribution < 1.29 is 24.6 Å². The summed E-state index contributed by atoms with van der Waals surface area (Å²) in [6.07, 6.45) is 2.43. The zero-order valence-corrected chi connectivity index (χ0v) is 14.8. The number of ether oxygens (including phenoxy) is 2. The lowest BCUT2D eigenvalue weighted by Gasteiger charge is -2.14. The quantitative estimate of drug-likeness (QED) is 0.289. The molecular weight excluding hydrogens is 348 g/mol. The van der Waals surface area contributed by atoms with Crippen LogP contribution in [0.5, 0.6) is 5.75 Å². The summed E-state index contributed by atoms with van der Waals surface area (Å²) in [6.45, 7) is 0.410. The molecule has 0 aliphatic carbocycles. The maximum Gasteiger partial charge on any atom is 0.337 e. The summed E-state index contributed by atoms with van der Waals surface area (Å²) < 4.78 is 12.1. The third-order valence-corrected chi connectivity index (χ3v) is 4.14. The van der Waals surface area contributed by atoms with Gasteiger partial charge < -0.3 is 24.4 Å². The molecule has 0 spiro atoms. The number of hydrogen-bond donors (Lipinski definition) is 2. The molecule has 140 valence electrons. The molecule has 0 radical (unpaired) electrons. The van der Waals surface area contributed by atoms with Gasteiger partial charge in [-0.25, -0.2) is 4.79 Å². The second-order valence-electron chi connectivity index (χ2n) is 5.98. The van der Waals surface area contributed by atoms with Crippen molar-refractivity contribution in [3.8, 4) is 5.75 Å². The molecule has 0 bridgehead atoms. The van der Waals surface area contributed by atoms with E-state index in [-0.39, 0.29) is 6.61 Å². The number of aromatic nitrogens is 1. The van der Waals surface area contributed by atoms with E-state index >= 15 is 0 Å². The van der Waals surface area contributed by atoms with E-state index in [1.807, 2.05) is 35.0 Å². The largest absolute Gasteiger partial charge is 0.491 e. The van der Waals surface area contributed by atoms with Crippen LogP contribution in [0.3, 0.4) is 0 Å². The van der Waals surface area contributed by atoms with Crippen molar-refractivity contribution in [1.82, 2.24) is 4.57 Å². The molecule has 1 unspecified atom stereocenters. The topological polar surface area (TPSA) is 93.3 Å². The normalized spacial score (nSPS) is 12.4. The molecule has 0 amide bonds. The molecule has 0 fully saturated rings. The van der Waals surface area contributed by atoms with Crippen molar-refractivity contribution in [1.29, 1.82) is 0 Å². The average Bonchev–Trinajstić information content (AvgIpc) is 3.04. The first kappa shape index (κ1) is 18.5. The zero-order chi connectivity index (χ0) is 19.2. The highest BCUT2D eigenvalue weighted by Crippen LogP contribution is 2.21. The van der Waals surface area contributed by atoms with E-state index in [4.69, 9.17) is 9.94 Å². The molecule has 0 aliphatic rings. The molecule has 7 nitrogen and oxygen atoms in total. The number of carbonyl (C=O) groups excluding carboxylic acids is 1. The molecule has 3 aromatic rings. The molecule has 7 heteroatoms. The van der Waals surface area contributed by atoms with Gasteiger partial charge in [-0.2, -0.15) is 0 Å². The van der Waals surface area contributed by atoms with Crippen molar-refractivity contribution in [2.75, 3.05) is 13.7 Å². The van der Waals surface area contributed by atoms with Crippen molar-refractivity contribution in [3.63, 3.8) is 0 Å². The Morgan fingerprint density at radius 3 is 2.67 bits per heavy atom. The summed E-state index contributed by atoms with van der Waals surface area (Å²) in [6, 6.07) is 14.2. The SMILES string of the molecule is COC(=O)c1ccc(OCC(O)Cn2cc(/C=N/O)c3ccccc32)cc1. The number of methoxy groups -OCH3 is 1. The smallest absolute Gasteiger partial charge is 0.337 e. The summed E-state index contributed by atoms with van der Waals surface area (Å²) in [4.78, 5) is 11.4. The third-order valence-electron chi connectivity index (χ3n) is 4.14. The molecule has 0 saturated heterocycles. The fourth-order valence-electron chi connectivity index (χ4n) is 2.87. The van der Waals surface area contributed by atoms with Crippen molar-refractivity contribution in [2.45, 2.75) is 12.6 Å². The lowest BCUT2D eigenvalue weighted by Crippen LogP contribution is -2.23. The minimum atomic E-state index is -0.750. The van der Waals surface area contributed by atoms with Crippen molar-refractivity contribution in [3.05, 3.63) is 65.9 Å². The van der Waals surface area contributed by atoms with Gasteiger partial charge in [-0.1, -0.05) is 23.4 Å². The Hall–Kier alpha value is -3.32. The van der Waals surface area contributed by atoms with Gasteiger partial charge in [-0.05, 0) is 30.3 Å². The van der Waals surface area contributed by atoms with Gasteiger partial charge in [-0.3, -0.25) is 0 Å². The number of rotatable bonds is 7. The Balaban J connectivity index is 1.65. The summed E-state index contributed by atoms with van der Waals surface area (Å²) in [5.74, 6) is 0.135.